The van der Waals surface area contributed by atoms with Gasteiger partial charge < -0.3 is 4.74 Å². The summed E-state index contributed by atoms with van der Waals surface area (Å²) in [7, 11) is 0. The Hall–Kier alpha value is -1.54. The molecule has 0 N–H and O–H groups in total. The number of benzene rings is 1. The lowest BCUT2D eigenvalue weighted by atomic mass is 10.1. The first-order valence-corrected chi connectivity index (χ1v) is 9.21. The van der Waals surface area contributed by atoms with Crippen molar-refractivity contribution in [3.63, 3.8) is 0 Å². The molecule has 2 rings (SSSR count). The smallest absolute Gasteiger partial charge is 0.119 e. The summed E-state index contributed by atoms with van der Waals surface area (Å²) in [6, 6.07) is 12.5. The van der Waals surface area contributed by atoms with Gasteiger partial charge in [0.25, 0.3) is 0 Å². The molecule has 0 fully saturated rings. The Bertz CT molecular complexity index is 525. The molecule has 22 heavy (non-hydrogen) atoms. The van der Waals surface area contributed by atoms with Crippen LogP contribution in [0.3, 0.4) is 0 Å². The van der Waals surface area contributed by atoms with Crippen LogP contribution in [0.5, 0.6) is 5.75 Å². The molecule has 2 aromatic rings. The Morgan fingerprint density at radius 1 is 0.909 bits per heavy atom. The number of thiophene rings is 1. The molecule has 0 spiro atoms. The molecule has 0 amide bonds. The van der Waals surface area contributed by atoms with E-state index >= 15 is 0 Å². The monoisotopic (exact) mass is 314 g/mol. The van der Waals surface area contributed by atoms with Gasteiger partial charge in [0.1, 0.15) is 5.75 Å². The largest absolute Gasteiger partial charge is 0.494 e. The minimum atomic E-state index is 0.830. The maximum absolute atomic E-state index is 5.80. The van der Waals surface area contributed by atoms with Gasteiger partial charge in [-0.25, -0.2) is 0 Å². The predicted octanol–water partition coefficient (Wildman–Crippen LogP) is 6.66. The molecule has 1 nitrogen and oxygen atoms in total. The second-order valence-corrected chi connectivity index (χ2v) is 6.51. The highest BCUT2D eigenvalue weighted by molar-refractivity contribution is 7.10. The summed E-state index contributed by atoms with van der Waals surface area (Å²) in [6.45, 7) is 3.08. The van der Waals surface area contributed by atoms with Gasteiger partial charge in [-0.15, -0.1) is 11.3 Å². The molecule has 0 saturated heterocycles. The predicted molar refractivity (Wildman–Crippen MR) is 98.6 cm³/mol. The standard InChI is InChI=1S/C20H26OS/c1-2-3-4-5-6-7-16-21-19-13-10-18(11-14-19)12-15-20-9-8-17-22-20/h8-15,17H,2-7,16H2,1H3. The molecule has 1 aromatic carbocycles. The van der Waals surface area contributed by atoms with Gasteiger partial charge in [0.2, 0.25) is 0 Å². The second-order valence-electron chi connectivity index (χ2n) is 5.53. The Morgan fingerprint density at radius 3 is 2.41 bits per heavy atom. The van der Waals surface area contributed by atoms with E-state index < -0.39 is 0 Å². The second kappa shape index (κ2) is 10.2. The zero-order valence-electron chi connectivity index (χ0n) is 13.5. The van der Waals surface area contributed by atoms with Crippen molar-refractivity contribution >= 4 is 23.5 Å². The van der Waals surface area contributed by atoms with E-state index in [0.29, 0.717) is 0 Å². The Morgan fingerprint density at radius 2 is 1.68 bits per heavy atom. The fourth-order valence-electron chi connectivity index (χ4n) is 2.31. The van der Waals surface area contributed by atoms with Crippen molar-refractivity contribution in [2.75, 3.05) is 6.61 Å². The number of unbranched alkanes of at least 4 members (excludes halogenated alkanes) is 5. The lowest BCUT2D eigenvalue weighted by Gasteiger charge is -2.06. The summed E-state index contributed by atoms with van der Waals surface area (Å²) in [5, 5.41) is 2.10. The zero-order chi connectivity index (χ0) is 15.5. The molecule has 0 radical (unpaired) electrons. The number of rotatable bonds is 10. The van der Waals surface area contributed by atoms with Crippen LogP contribution in [0.25, 0.3) is 12.2 Å². The van der Waals surface area contributed by atoms with Crippen molar-refractivity contribution in [1.82, 2.24) is 0 Å². The number of hydrogen-bond donors (Lipinski definition) is 0. The summed E-state index contributed by atoms with van der Waals surface area (Å²) in [5.74, 6) is 0.974. The van der Waals surface area contributed by atoms with Crippen molar-refractivity contribution in [3.8, 4) is 5.75 Å². The average molecular weight is 314 g/mol. The Kier molecular flexibility index (Phi) is 7.82. The maximum Gasteiger partial charge on any atom is 0.119 e. The minimum absolute atomic E-state index is 0.830. The van der Waals surface area contributed by atoms with Crippen molar-refractivity contribution in [2.24, 2.45) is 0 Å². The van der Waals surface area contributed by atoms with E-state index in [1.165, 1.54) is 42.5 Å². The fraction of sp³-hybridized carbons (Fsp3) is 0.400. The topological polar surface area (TPSA) is 9.23 Å². The van der Waals surface area contributed by atoms with E-state index in [2.05, 4.69) is 60.9 Å². The quantitative estimate of drug-likeness (QED) is 0.446. The van der Waals surface area contributed by atoms with Gasteiger partial charge in [-0.05, 0) is 41.6 Å². The van der Waals surface area contributed by atoms with Crippen molar-refractivity contribution in [2.45, 2.75) is 45.4 Å². The molecule has 0 saturated carbocycles. The Balaban J connectivity index is 1.66. The van der Waals surface area contributed by atoms with E-state index in [1.807, 2.05) is 0 Å². The van der Waals surface area contributed by atoms with Crippen LogP contribution in [0.15, 0.2) is 41.8 Å². The molecule has 0 aliphatic heterocycles. The van der Waals surface area contributed by atoms with Gasteiger partial charge in [0.15, 0.2) is 0 Å². The zero-order valence-corrected chi connectivity index (χ0v) is 14.3. The maximum atomic E-state index is 5.80. The molecular formula is C20H26OS. The lowest BCUT2D eigenvalue weighted by Crippen LogP contribution is -1.97. The van der Waals surface area contributed by atoms with Crippen LogP contribution in [0.4, 0.5) is 0 Å². The highest BCUT2D eigenvalue weighted by Gasteiger charge is 1.95. The van der Waals surface area contributed by atoms with Crippen molar-refractivity contribution in [3.05, 3.63) is 52.2 Å². The van der Waals surface area contributed by atoms with E-state index in [4.69, 9.17) is 4.74 Å². The number of ether oxygens (including phenoxy) is 1. The summed E-state index contributed by atoms with van der Waals surface area (Å²) in [6.07, 6.45) is 12.1. The van der Waals surface area contributed by atoms with E-state index in [9.17, 15) is 0 Å². The van der Waals surface area contributed by atoms with Crippen LogP contribution in [0.1, 0.15) is 55.9 Å². The van der Waals surface area contributed by atoms with E-state index in [0.717, 1.165) is 18.8 Å². The highest BCUT2D eigenvalue weighted by atomic mass is 32.1. The third-order valence-corrected chi connectivity index (χ3v) is 4.47. The average Bonchev–Trinajstić information content (AvgIpc) is 3.07. The molecule has 0 atom stereocenters. The summed E-state index contributed by atoms with van der Waals surface area (Å²) in [5.41, 5.74) is 1.21. The molecular weight excluding hydrogens is 288 g/mol. The van der Waals surface area contributed by atoms with Crippen molar-refractivity contribution < 1.29 is 4.74 Å². The van der Waals surface area contributed by atoms with Crippen LogP contribution in [0.2, 0.25) is 0 Å². The van der Waals surface area contributed by atoms with Crippen molar-refractivity contribution in [1.29, 1.82) is 0 Å². The molecule has 0 unspecified atom stereocenters. The van der Waals surface area contributed by atoms with Gasteiger partial charge in [0, 0.05) is 4.88 Å². The SMILES string of the molecule is CCCCCCCCOc1ccc(C=Cc2cccs2)cc1. The minimum Gasteiger partial charge on any atom is -0.494 e. The van der Waals surface area contributed by atoms with E-state index in [1.54, 1.807) is 11.3 Å². The molecule has 0 aliphatic carbocycles. The fourth-order valence-corrected chi connectivity index (χ4v) is 2.93. The number of hydrogen-bond acceptors (Lipinski definition) is 2. The van der Waals surface area contributed by atoms with Crippen LogP contribution in [-0.2, 0) is 0 Å². The molecule has 118 valence electrons. The molecule has 0 aliphatic rings. The van der Waals surface area contributed by atoms with Gasteiger partial charge in [-0.1, -0.05) is 63.3 Å². The first-order valence-electron chi connectivity index (χ1n) is 8.33. The van der Waals surface area contributed by atoms with Crippen LogP contribution in [0, 0.1) is 0 Å². The van der Waals surface area contributed by atoms with Gasteiger partial charge in [0.05, 0.1) is 6.61 Å². The first kappa shape index (κ1) is 16.8. The van der Waals surface area contributed by atoms with Gasteiger partial charge >= 0.3 is 0 Å². The Labute approximate surface area is 138 Å². The van der Waals surface area contributed by atoms with Gasteiger partial charge in [-0.3, -0.25) is 0 Å². The van der Waals surface area contributed by atoms with E-state index in [-0.39, 0.29) is 0 Å². The third-order valence-electron chi connectivity index (χ3n) is 3.63. The molecule has 1 heterocycles. The molecule has 2 heteroatoms. The normalized spacial score (nSPS) is 11.1. The summed E-state index contributed by atoms with van der Waals surface area (Å²) < 4.78 is 5.80. The third kappa shape index (κ3) is 6.48. The first-order chi connectivity index (χ1) is 10.9. The summed E-state index contributed by atoms with van der Waals surface area (Å²) >= 11 is 1.75. The van der Waals surface area contributed by atoms with Crippen LogP contribution in [-0.4, -0.2) is 6.61 Å². The van der Waals surface area contributed by atoms with Gasteiger partial charge in [-0.2, -0.15) is 0 Å². The van der Waals surface area contributed by atoms with Crippen LogP contribution < -0.4 is 4.74 Å². The molecule has 0 bridgehead atoms. The van der Waals surface area contributed by atoms with Crippen LogP contribution >= 0.6 is 11.3 Å². The summed E-state index contributed by atoms with van der Waals surface area (Å²) in [4.78, 5) is 1.28. The molecule has 1 aromatic heterocycles. The highest BCUT2D eigenvalue weighted by Crippen LogP contribution is 2.17. The lowest BCUT2D eigenvalue weighted by molar-refractivity contribution is 0.304.